The Morgan fingerprint density at radius 1 is 1.58 bits per heavy atom. The van der Waals surface area contributed by atoms with E-state index in [2.05, 4.69) is 5.32 Å². The van der Waals surface area contributed by atoms with Crippen molar-refractivity contribution in [1.29, 1.82) is 0 Å². The quantitative estimate of drug-likeness (QED) is 0.610. The van der Waals surface area contributed by atoms with Gasteiger partial charge in [-0.15, -0.1) is 11.8 Å². The van der Waals surface area contributed by atoms with E-state index in [0.717, 1.165) is 4.90 Å². The maximum Gasteiger partial charge on any atom is 0.356 e. The molecule has 1 saturated heterocycles. The molecule has 0 aliphatic carbocycles. The molecule has 1 unspecified atom stereocenters. The number of hydrogen-bond acceptors (Lipinski definition) is 7. The van der Waals surface area contributed by atoms with Gasteiger partial charge in [0.1, 0.15) is 29.0 Å². The highest BCUT2D eigenvalue weighted by Gasteiger charge is 2.55. The predicted molar refractivity (Wildman–Crippen MR) is 82.3 cm³/mol. The largest absolute Gasteiger partial charge is 0.498 e. The highest BCUT2D eigenvalue weighted by atomic mass is 32.2. The van der Waals surface area contributed by atoms with E-state index in [4.69, 9.17) is 14.9 Å². The maximum absolute atomic E-state index is 12.3. The lowest BCUT2D eigenvalue weighted by Crippen LogP contribution is -2.71. The van der Waals surface area contributed by atoms with Gasteiger partial charge < -0.3 is 25.3 Å². The van der Waals surface area contributed by atoms with E-state index in [1.807, 2.05) is 0 Å². The molecule has 1 aromatic heterocycles. The van der Waals surface area contributed by atoms with E-state index >= 15 is 0 Å². The summed E-state index contributed by atoms with van der Waals surface area (Å²) in [5.41, 5.74) is 5.59. The minimum atomic E-state index is -1.25. The van der Waals surface area contributed by atoms with Gasteiger partial charge in [-0.25, -0.2) is 4.79 Å². The highest BCUT2D eigenvalue weighted by molar-refractivity contribution is 8.00. The van der Waals surface area contributed by atoms with Crippen LogP contribution >= 0.6 is 11.8 Å². The van der Waals surface area contributed by atoms with Crippen LogP contribution in [0.25, 0.3) is 0 Å². The second-order valence-corrected chi connectivity index (χ2v) is 6.28. The van der Waals surface area contributed by atoms with Crippen molar-refractivity contribution in [2.75, 3.05) is 12.9 Å². The number of hydrogen-bond donors (Lipinski definition) is 3. The van der Waals surface area contributed by atoms with Crippen LogP contribution in [-0.2, 0) is 19.1 Å². The zero-order chi connectivity index (χ0) is 17.4. The topological polar surface area (TPSA) is 135 Å². The number of aliphatic carboxylic acids is 1. The molecule has 9 nitrogen and oxygen atoms in total. The van der Waals surface area contributed by atoms with Gasteiger partial charge in [0.2, 0.25) is 5.91 Å². The second-order valence-electron chi connectivity index (χ2n) is 5.17. The normalized spacial score (nSPS) is 24.1. The molecule has 128 valence electrons. The Hall–Kier alpha value is -2.46. The van der Waals surface area contributed by atoms with E-state index in [9.17, 15) is 19.5 Å². The number of amides is 2. The van der Waals surface area contributed by atoms with E-state index in [-0.39, 0.29) is 17.2 Å². The van der Waals surface area contributed by atoms with Gasteiger partial charge in [-0.3, -0.25) is 14.5 Å². The molecule has 1 aromatic rings. The van der Waals surface area contributed by atoms with Gasteiger partial charge in [0.15, 0.2) is 5.70 Å². The molecule has 0 bridgehead atoms. The number of fused-ring (bicyclic) bond motifs is 1. The van der Waals surface area contributed by atoms with E-state index in [0.29, 0.717) is 5.75 Å². The predicted octanol–water partition coefficient (Wildman–Crippen LogP) is -0.378. The van der Waals surface area contributed by atoms with Crippen LogP contribution in [0.2, 0.25) is 0 Å². The zero-order valence-electron chi connectivity index (χ0n) is 12.6. The number of β-lactam (4-membered cyclic amide) rings is 1. The van der Waals surface area contributed by atoms with Crippen LogP contribution in [0.5, 0.6) is 0 Å². The van der Waals surface area contributed by atoms with Crippen molar-refractivity contribution in [2.45, 2.75) is 17.5 Å². The summed E-state index contributed by atoms with van der Waals surface area (Å²) in [6.07, 6.45) is 1.39. The Morgan fingerprint density at radius 2 is 2.33 bits per heavy atom. The molecule has 3 heterocycles. The summed E-state index contributed by atoms with van der Waals surface area (Å²) in [5.74, 6) is -1.54. The average molecular weight is 353 g/mol. The highest BCUT2D eigenvalue weighted by Crippen LogP contribution is 2.40. The first-order valence-electron chi connectivity index (χ1n) is 7.00. The number of carboxylic acid groups (broad SMARTS) is 1. The zero-order valence-corrected chi connectivity index (χ0v) is 13.4. The first-order valence-corrected chi connectivity index (χ1v) is 8.05. The van der Waals surface area contributed by atoms with Crippen molar-refractivity contribution in [2.24, 2.45) is 5.73 Å². The lowest BCUT2D eigenvalue weighted by atomic mass is 10.0. The van der Waals surface area contributed by atoms with Gasteiger partial charge in [-0.05, 0) is 12.1 Å². The Balaban J connectivity index is 1.73. The molecule has 10 heteroatoms. The van der Waals surface area contributed by atoms with Crippen molar-refractivity contribution < 1.29 is 28.6 Å². The van der Waals surface area contributed by atoms with Gasteiger partial charge >= 0.3 is 5.97 Å². The molecule has 0 saturated carbocycles. The molecule has 2 aliphatic rings. The molecule has 24 heavy (non-hydrogen) atoms. The van der Waals surface area contributed by atoms with Crippen LogP contribution in [0.1, 0.15) is 11.8 Å². The number of carbonyl (C=O) groups is 3. The SMILES string of the molecule is COC1=C(C(=O)O)N2C(=O)[C@@H](NC(=O)C(N)c3ccco3)[C@@H]2SC1. The average Bonchev–Trinajstić information content (AvgIpc) is 3.11. The molecule has 0 spiro atoms. The van der Waals surface area contributed by atoms with Gasteiger partial charge in [0.25, 0.3) is 5.91 Å². The standard InChI is InChI=1S/C14H15N3O6S/c1-22-7-5-24-13-9(12(19)17(13)10(7)14(20)21)16-11(18)8(15)6-3-2-4-23-6/h2-4,8-9,13H,5,15H2,1H3,(H,16,18)(H,20,21)/t8?,9-,13+/m1/s1. The minimum Gasteiger partial charge on any atom is -0.498 e. The fraction of sp³-hybridized carbons (Fsp3) is 0.357. The molecule has 4 N–H and O–H groups in total. The number of carboxylic acids is 1. The number of furan rings is 1. The third-order valence-electron chi connectivity index (χ3n) is 3.81. The summed E-state index contributed by atoms with van der Waals surface area (Å²) in [5, 5.41) is 11.3. The molecule has 2 aliphatic heterocycles. The summed E-state index contributed by atoms with van der Waals surface area (Å²) in [6, 6.07) is 1.28. The van der Waals surface area contributed by atoms with Crippen molar-refractivity contribution in [3.8, 4) is 0 Å². The summed E-state index contributed by atoms with van der Waals surface area (Å²) in [6.45, 7) is 0. The molecule has 3 atom stereocenters. The van der Waals surface area contributed by atoms with Gasteiger partial charge in [-0.2, -0.15) is 0 Å². The Kier molecular flexibility index (Phi) is 4.24. The molecule has 3 rings (SSSR count). The third-order valence-corrected chi connectivity index (χ3v) is 5.07. The number of carbonyl (C=O) groups excluding carboxylic acids is 2. The molecular weight excluding hydrogens is 338 g/mol. The number of methoxy groups -OCH3 is 1. The first-order chi connectivity index (χ1) is 11.5. The molecule has 0 radical (unpaired) electrons. The van der Waals surface area contributed by atoms with Crippen LogP contribution in [0.3, 0.4) is 0 Å². The van der Waals surface area contributed by atoms with Crippen molar-refractivity contribution in [1.82, 2.24) is 10.2 Å². The fourth-order valence-electron chi connectivity index (χ4n) is 2.59. The fourth-order valence-corrected chi connectivity index (χ4v) is 3.90. The lowest BCUT2D eigenvalue weighted by molar-refractivity contribution is -0.151. The minimum absolute atomic E-state index is 0.188. The van der Waals surface area contributed by atoms with Crippen LogP contribution in [-0.4, -0.2) is 52.1 Å². The summed E-state index contributed by atoms with van der Waals surface area (Å²) in [4.78, 5) is 37.0. The van der Waals surface area contributed by atoms with Crippen LogP contribution in [0, 0.1) is 0 Å². The number of nitrogens with zero attached hydrogens (tertiary/aromatic N) is 1. The number of nitrogens with two attached hydrogens (primary N) is 1. The van der Waals surface area contributed by atoms with Crippen molar-refractivity contribution >= 4 is 29.5 Å². The number of rotatable bonds is 5. The number of thioether (sulfide) groups is 1. The van der Waals surface area contributed by atoms with Crippen LogP contribution < -0.4 is 11.1 Å². The Morgan fingerprint density at radius 3 is 2.92 bits per heavy atom. The molecule has 0 aromatic carbocycles. The van der Waals surface area contributed by atoms with Crippen molar-refractivity contribution in [3.63, 3.8) is 0 Å². The van der Waals surface area contributed by atoms with Crippen LogP contribution in [0.4, 0.5) is 0 Å². The maximum atomic E-state index is 12.3. The van der Waals surface area contributed by atoms with Crippen molar-refractivity contribution in [3.05, 3.63) is 35.6 Å². The van der Waals surface area contributed by atoms with Gasteiger partial charge in [-0.1, -0.05) is 0 Å². The monoisotopic (exact) mass is 353 g/mol. The third kappa shape index (κ3) is 2.53. The number of nitrogens with one attached hydrogen (secondary N) is 1. The molecule has 2 amide bonds. The van der Waals surface area contributed by atoms with Gasteiger partial charge in [0, 0.05) is 0 Å². The summed E-state index contributed by atoms with van der Waals surface area (Å²) in [7, 11) is 1.35. The lowest BCUT2D eigenvalue weighted by Gasteiger charge is -2.49. The van der Waals surface area contributed by atoms with E-state index < -0.39 is 35.2 Å². The molecule has 1 fully saturated rings. The van der Waals surface area contributed by atoms with E-state index in [1.165, 1.54) is 25.1 Å². The summed E-state index contributed by atoms with van der Waals surface area (Å²) >= 11 is 1.31. The summed E-state index contributed by atoms with van der Waals surface area (Å²) < 4.78 is 10.1. The first kappa shape index (κ1) is 16.4. The Labute approximate surface area is 140 Å². The Bertz CT molecular complexity index is 716. The molecular formula is C14H15N3O6S. The number of ether oxygens (including phenoxy) is 1. The smallest absolute Gasteiger partial charge is 0.356 e. The van der Waals surface area contributed by atoms with E-state index in [1.54, 1.807) is 12.1 Å². The van der Waals surface area contributed by atoms with Gasteiger partial charge in [0.05, 0.1) is 19.1 Å². The van der Waals surface area contributed by atoms with Crippen LogP contribution in [0.15, 0.2) is 34.3 Å². The second kappa shape index (κ2) is 6.21.